The summed E-state index contributed by atoms with van der Waals surface area (Å²) in [7, 11) is -3.02. The molecule has 0 spiro atoms. The molecule has 0 saturated carbocycles. The topological polar surface area (TPSA) is 70.6 Å². The summed E-state index contributed by atoms with van der Waals surface area (Å²) in [6.45, 7) is 9.46. The molecule has 2 N–H and O–H groups in total. The average molecular weight is 577 g/mol. The van der Waals surface area contributed by atoms with Crippen LogP contribution in [0, 0.1) is 5.41 Å². The van der Waals surface area contributed by atoms with E-state index in [0.29, 0.717) is 44.0 Å². The molecule has 0 aliphatic rings. The Kier molecular flexibility index (Phi) is 12.4. The maximum absolute atomic E-state index is 12.9. The van der Waals surface area contributed by atoms with Crippen molar-refractivity contribution in [3.8, 4) is 0 Å². The molecule has 1 unspecified atom stereocenters. The predicted octanol–water partition coefficient (Wildman–Crippen LogP) is 4.83. The van der Waals surface area contributed by atoms with Crippen LogP contribution >= 0.6 is 24.0 Å². The molecule has 0 aliphatic heterocycles. The highest BCUT2D eigenvalue weighted by molar-refractivity contribution is 14.0. The molecule has 0 aliphatic carbocycles. The number of rotatable bonds is 10. The van der Waals surface area contributed by atoms with E-state index in [0.717, 1.165) is 6.07 Å². The van der Waals surface area contributed by atoms with Crippen LogP contribution < -0.4 is 10.6 Å². The zero-order valence-corrected chi connectivity index (χ0v) is 22.0. The maximum Gasteiger partial charge on any atom is 0.416 e. The van der Waals surface area contributed by atoms with E-state index in [2.05, 4.69) is 15.6 Å². The molecule has 0 aromatic heterocycles. The smallest absolute Gasteiger partial charge is 0.357 e. The van der Waals surface area contributed by atoms with Gasteiger partial charge in [-0.05, 0) is 42.7 Å². The number of sulfone groups is 1. The van der Waals surface area contributed by atoms with Crippen LogP contribution in [0.4, 0.5) is 13.2 Å². The summed E-state index contributed by atoms with van der Waals surface area (Å²) < 4.78 is 61.5. The van der Waals surface area contributed by atoms with E-state index in [1.54, 1.807) is 6.07 Å². The van der Waals surface area contributed by atoms with Crippen LogP contribution in [-0.4, -0.2) is 46.0 Å². The van der Waals surface area contributed by atoms with Crippen LogP contribution in [0.1, 0.15) is 57.6 Å². The summed E-state index contributed by atoms with van der Waals surface area (Å²) in [5.41, 5.74) is -0.252. The first-order valence-electron chi connectivity index (χ1n) is 10.1. The number of hydrogen-bond acceptors (Lipinski definition) is 3. The molecule has 0 radical (unpaired) electrons. The zero-order valence-electron chi connectivity index (χ0n) is 18.8. The molecule has 0 bridgehead atoms. The Labute approximate surface area is 201 Å². The number of aliphatic imine (C=N–C) groups is 1. The second kappa shape index (κ2) is 12.9. The molecule has 180 valence electrons. The Hall–Kier alpha value is -1.04. The van der Waals surface area contributed by atoms with Gasteiger partial charge in [-0.1, -0.05) is 39.0 Å². The van der Waals surface area contributed by atoms with Gasteiger partial charge in [-0.2, -0.15) is 13.2 Å². The third kappa shape index (κ3) is 12.5. The zero-order chi connectivity index (χ0) is 23.0. The maximum atomic E-state index is 12.9. The van der Waals surface area contributed by atoms with E-state index in [1.807, 2.05) is 27.7 Å². The van der Waals surface area contributed by atoms with Gasteiger partial charge in [0.15, 0.2) is 5.96 Å². The fraction of sp³-hybridized carbons (Fsp3) is 0.667. The molecule has 31 heavy (non-hydrogen) atoms. The summed E-state index contributed by atoms with van der Waals surface area (Å²) in [4.78, 5) is 4.55. The van der Waals surface area contributed by atoms with Crippen LogP contribution in [0.15, 0.2) is 29.3 Å². The first-order chi connectivity index (χ1) is 13.7. The van der Waals surface area contributed by atoms with E-state index in [1.165, 1.54) is 18.4 Å². The Morgan fingerprint density at radius 2 is 1.84 bits per heavy atom. The van der Waals surface area contributed by atoms with Gasteiger partial charge < -0.3 is 10.6 Å². The van der Waals surface area contributed by atoms with Crippen LogP contribution in [0.25, 0.3) is 0 Å². The summed E-state index contributed by atoms with van der Waals surface area (Å²) in [6, 6.07) is 5.43. The molecule has 0 saturated heterocycles. The van der Waals surface area contributed by atoms with Crippen molar-refractivity contribution in [3.63, 3.8) is 0 Å². The van der Waals surface area contributed by atoms with Gasteiger partial charge in [0.1, 0.15) is 9.84 Å². The highest BCUT2D eigenvalue weighted by Gasteiger charge is 2.30. The molecule has 5 nitrogen and oxygen atoms in total. The minimum Gasteiger partial charge on any atom is -0.357 e. The van der Waals surface area contributed by atoms with Crippen molar-refractivity contribution in [2.24, 2.45) is 10.4 Å². The third-order valence-corrected chi connectivity index (χ3v) is 5.76. The van der Waals surface area contributed by atoms with Crippen molar-refractivity contribution in [3.05, 3.63) is 35.4 Å². The lowest BCUT2D eigenvalue weighted by Gasteiger charge is -2.23. The van der Waals surface area contributed by atoms with Gasteiger partial charge in [0, 0.05) is 25.9 Å². The molecule has 0 fully saturated rings. The SMILES string of the molecule is CCNC(=NCC(C)(C)CCS(C)(=O)=O)NCCC(C)c1cccc(C(F)(F)F)c1.I. The van der Waals surface area contributed by atoms with E-state index in [4.69, 9.17) is 0 Å². The molecule has 1 rings (SSSR count). The lowest BCUT2D eigenvalue weighted by Crippen LogP contribution is -2.39. The second-order valence-electron chi connectivity index (χ2n) is 8.48. The van der Waals surface area contributed by atoms with Crippen molar-refractivity contribution >= 4 is 39.8 Å². The van der Waals surface area contributed by atoms with E-state index >= 15 is 0 Å². The number of hydrogen-bond donors (Lipinski definition) is 2. The van der Waals surface area contributed by atoms with E-state index in [-0.39, 0.29) is 41.1 Å². The molecule has 0 heterocycles. The molecule has 0 amide bonds. The predicted molar refractivity (Wildman–Crippen MR) is 132 cm³/mol. The molecule has 1 aromatic carbocycles. The molecule has 1 atom stereocenters. The van der Waals surface area contributed by atoms with Crippen molar-refractivity contribution in [2.45, 2.75) is 52.6 Å². The van der Waals surface area contributed by atoms with Crippen molar-refractivity contribution in [1.29, 1.82) is 0 Å². The van der Waals surface area contributed by atoms with Gasteiger partial charge in [-0.15, -0.1) is 24.0 Å². The van der Waals surface area contributed by atoms with Gasteiger partial charge >= 0.3 is 6.18 Å². The summed E-state index contributed by atoms with van der Waals surface area (Å²) in [5, 5.41) is 6.35. The highest BCUT2D eigenvalue weighted by atomic mass is 127. The number of benzene rings is 1. The fourth-order valence-electron chi connectivity index (χ4n) is 2.77. The average Bonchev–Trinajstić information content (AvgIpc) is 2.63. The van der Waals surface area contributed by atoms with E-state index < -0.39 is 21.6 Å². The lowest BCUT2D eigenvalue weighted by atomic mass is 9.90. The van der Waals surface area contributed by atoms with Gasteiger partial charge in [0.25, 0.3) is 0 Å². The Bertz CT molecular complexity index is 812. The number of nitrogens with zero attached hydrogens (tertiary/aromatic N) is 1. The normalized spacial score (nSPS) is 14.0. The lowest BCUT2D eigenvalue weighted by molar-refractivity contribution is -0.137. The first kappa shape index (κ1) is 30.0. The van der Waals surface area contributed by atoms with Crippen molar-refractivity contribution in [2.75, 3.05) is 31.6 Å². The summed E-state index contributed by atoms with van der Waals surface area (Å²) in [6.07, 6.45) is -1.96. The summed E-state index contributed by atoms with van der Waals surface area (Å²) in [5.74, 6) is 0.684. The second-order valence-corrected chi connectivity index (χ2v) is 10.7. The van der Waals surface area contributed by atoms with Gasteiger partial charge in [0.2, 0.25) is 0 Å². The Morgan fingerprint density at radius 1 is 1.19 bits per heavy atom. The Morgan fingerprint density at radius 3 is 2.39 bits per heavy atom. The summed E-state index contributed by atoms with van der Waals surface area (Å²) >= 11 is 0. The Balaban J connectivity index is 0.00000900. The van der Waals surface area contributed by atoms with Crippen LogP contribution in [0.2, 0.25) is 0 Å². The minimum absolute atomic E-state index is 0. The molecular weight excluding hydrogens is 542 g/mol. The highest BCUT2D eigenvalue weighted by Crippen LogP contribution is 2.31. The van der Waals surface area contributed by atoms with Crippen LogP contribution in [0.3, 0.4) is 0 Å². The third-order valence-electron chi connectivity index (χ3n) is 4.81. The van der Waals surface area contributed by atoms with Crippen molar-refractivity contribution in [1.82, 2.24) is 10.6 Å². The number of halogens is 4. The largest absolute Gasteiger partial charge is 0.416 e. The number of nitrogens with one attached hydrogen (secondary N) is 2. The molecular formula is C21H35F3IN3O2S. The quantitative estimate of drug-likeness (QED) is 0.238. The minimum atomic E-state index is -4.34. The van der Waals surface area contributed by atoms with Gasteiger partial charge in [0.05, 0.1) is 11.3 Å². The van der Waals surface area contributed by atoms with Crippen LogP contribution in [-0.2, 0) is 16.0 Å². The van der Waals surface area contributed by atoms with Gasteiger partial charge in [-0.25, -0.2) is 8.42 Å². The molecule has 10 heteroatoms. The number of alkyl halides is 3. The van der Waals surface area contributed by atoms with E-state index in [9.17, 15) is 21.6 Å². The molecule has 1 aromatic rings. The fourth-order valence-corrected chi connectivity index (χ4v) is 3.69. The van der Waals surface area contributed by atoms with Gasteiger partial charge in [-0.3, -0.25) is 4.99 Å². The number of guanidine groups is 1. The van der Waals surface area contributed by atoms with Crippen LogP contribution in [0.5, 0.6) is 0 Å². The van der Waals surface area contributed by atoms with Crippen molar-refractivity contribution < 1.29 is 21.6 Å². The standard InChI is InChI=1S/C21H34F3N3O2S.HI/c1-6-25-19(27-15-20(3,4)11-13-30(5,28)29)26-12-10-16(2)17-8-7-9-18(14-17)21(22,23)24;/h7-9,14,16H,6,10-13,15H2,1-5H3,(H2,25,26,27);1H. The monoisotopic (exact) mass is 577 g/mol. The first-order valence-corrected chi connectivity index (χ1v) is 12.2.